The summed E-state index contributed by atoms with van der Waals surface area (Å²) in [5, 5.41) is 7.45. The van der Waals surface area contributed by atoms with Crippen LogP contribution in [0, 0.1) is 6.92 Å². The molecule has 6 heteroatoms. The normalized spacial score (nSPS) is 10.5. The molecule has 0 radical (unpaired) electrons. The number of nitrogens with zero attached hydrogens (tertiary/aromatic N) is 2. The first-order valence-electron chi connectivity index (χ1n) is 5.83. The summed E-state index contributed by atoms with van der Waals surface area (Å²) in [5.41, 5.74) is 1.74. The van der Waals surface area contributed by atoms with Crippen molar-refractivity contribution >= 4 is 39.1 Å². The van der Waals surface area contributed by atoms with E-state index in [1.165, 1.54) is 0 Å². The summed E-state index contributed by atoms with van der Waals surface area (Å²) >= 11 is 9.52. The summed E-state index contributed by atoms with van der Waals surface area (Å²) in [6.07, 6.45) is 0. The van der Waals surface area contributed by atoms with Crippen LogP contribution in [0.3, 0.4) is 0 Å². The number of aryl methyl sites for hydroxylation is 2. The van der Waals surface area contributed by atoms with Gasteiger partial charge in [0.2, 0.25) is 0 Å². The summed E-state index contributed by atoms with van der Waals surface area (Å²) < 4.78 is 2.42. The van der Waals surface area contributed by atoms with Crippen LogP contribution in [0.2, 0.25) is 5.02 Å². The Morgan fingerprint density at radius 3 is 2.79 bits per heavy atom. The summed E-state index contributed by atoms with van der Waals surface area (Å²) in [5.74, 6) is -0.264. The van der Waals surface area contributed by atoms with Gasteiger partial charge in [-0.15, -0.1) is 0 Å². The van der Waals surface area contributed by atoms with E-state index in [2.05, 4.69) is 26.3 Å². The molecule has 0 fully saturated rings. The SMILES string of the molecule is CCn1nc(C)c(Cl)c1C(=O)Nc1ccccc1Br. The third-order valence-corrected chi connectivity index (χ3v) is 3.84. The molecular formula is C13H13BrClN3O. The number of nitrogens with one attached hydrogen (secondary N) is 1. The van der Waals surface area contributed by atoms with E-state index < -0.39 is 0 Å². The number of para-hydroxylation sites is 1. The van der Waals surface area contributed by atoms with Gasteiger partial charge in [0.1, 0.15) is 5.69 Å². The number of aromatic nitrogens is 2. The van der Waals surface area contributed by atoms with Crippen LogP contribution in [0.4, 0.5) is 5.69 Å². The first-order valence-corrected chi connectivity index (χ1v) is 7.00. The van der Waals surface area contributed by atoms with Gasteiger partial charge in [-0.05, 0) is 41.9 Å². The maximum atomic E-state index is 12.3. The third kappa shape index (κ3) is 2.82. The largest absolute Gasteiger partial charge is 0.320 e. The van der Waals surface area contributed by atoms with E-state index in [9.17, 15) is 4.79 Å². The molecule has 1 heterocycles. The molecule has 0 aliphatic heterocycles. The number of hydrogen-bond acceptors (Lipinski definition) is 2. The van der Waals surface area contributed by atoms with Crippen LogP contribution < -0.4 is 5.32 Å². The highest BCUT2D eigenvalue weighted by molar-refractivity contribution is 9.10. The zero-order valence-corrected chi connectivity index (χ0v) is 12.9. The molecule has 100 valence electrons. The second kappa shape index (κ2) is 5.75. The van der Waals surface area contributed by atoms with Crippen molar-refractivity contribution < 1.29 is 4.79 Å². The Balaban J connectivity index is 2.33. The van der Waals surface area contributed by atoms with E-state index in [4.69, 9.17) is 11.6 Å². The Bertz CT molecular complexity index is 624. The van der Waals surface area contributed by atoms with Crippen LogP contribution in [0.15, 0.2) is 28.7 Å². The lowest BCUT2D eigenvalue weighted by Gasteiger charge is -2.08. The van der Waals surface area contributed by atoms with Crippen molar-refractivity contribution in [3.63, 3.8) is 0 Å². The zero-order valence-electron chi connectivity index (χ0n) is 10.6. The minimum Gasteiger partial charge on any atom is -0.320 e. The Morgan fingerprint density at radius 1 is 1.47 bits per heavy atom. The van der Waals surface area contributed by atoms with Crippen LogP contribution in [-0.4, -0.2) is 15.7 Å². The van der Waals surface area contributed by atoms with Crippen molar-refractivity contribution in [1.29, 1.82) is 0 Å². The van der Waals surface area contributed by atoms with E-state index in [1.54, 1.807) is 11.6 Å². The molecule has 2 aromatic rings. The minimum atomic E-state index is -0.264. The Morgan fingerprint density at radius 2 is 2.16 bits per heavy atom. The molecule has 0 saturated heterocycles. The van der Waals surface area contributed by atoms with E-state index in [1.807, 2.05) is 31.2 Å². The maximum absolute atomic E-state index is 12.3. The van der Waals surface area contributed by atoms with Crippen molar-refractivity contribution in [2.75, 3.05) is 5.32 Å². The fourth-order valence-electron chi connectivity index (χ4n) is 1.75. The zero-order chi connectivity index (χ0) is 14.0. The highest BCUT2D eigenvalue weighted by atomic mass is 79.9. The Kier molecular flexibility index (Phi) is 4.27. The van der Waals surface area contributed by atoms with Gasteiger partial charge < -0.3 is 5.32 Å². The van der Waals surface area contributed by atoms with Crippen LogP contribution in [0.25, 0.3) is 0 Å². The van der Waals surface area contributed by atoms with E-state index in [0.717, 1.165) is 4.47 Å². The number of anilines is 1. The predicted octanol–water partition coefficient (Wildman–Crippen LogP) is 3.88. The molecular weight excluding hydrogens is 330 g/mol. The van der Waals surface area contributed by atoms with Crippen molar-refractivity contribution in [3.05, 3.63) is 45.1 Å². The van der Waals surface area contributed by atoms with E-state index >= 15 is 0 Å². The monoisotopic (exact) mass is 341 g/mol. The average Bonchev–Trinajstić information content (AvgIpc) is 2.68. The van der Waals surface area contributed by atoms with Gasteiger partial charge >= 0.3 is 0 Å². The Labute approximate surface area is 124 Å². The number of carbonyl (C=O) groups is 1. The number of benzene rings is 1. The number of rotatable bonds is 3. The van der Waals surface area contributed by atoms with Crippen molar-refractivity contribution in [1.82, 2.24) is 9.78 Å². The third-order valence-electron chi connectivity index (χ3n) is 2.69. The summed E-state index contributed by atoms with van der Waals surface area (Å²) in [6.45, 7) is 4.29. The molecule has 0 unspecified atom stereocenters. The van der Waals surface area contributed by atoms with Gasteiger partial charge in [-0.3, -0.25) is 9.48 Å². The van der Waals surface area contributed by atoms with Crippen molar-refractivity contribution in [3.8, 4) is 0 Å². The number of amides is 1. The first-order chi connectivity index (χ1) is 9.04. The van der Waals surface area contributed by atoms with E-state index in [-0.39, 0.29) is 5.91 Å². The van der Waals surface area contributed by atoms with Gasteiger partial charge in [0.25, 0.3) is 5.91 Å². The Hall–Kier alpha value is -1.33. The van der Waals surface area contributed by atoms with Crippen molar-refractivity contribution in [2.45, 2.75) is 20.4 Å². The number of hydrogen-bond donors (Lipinski definition) is 1. The highest BCUT2D eigenvalue weighted by Gasteiger charge is 2.20. The maximum Gasteiger partial charge on any atom is 0.275 e. The molecule has 2 rings (SSSR count). The lowest BCUT2D eigenvalue weighted by Crippen LogP contribution is -2.18. The van der Waals surface area contributed by atoms with Crippen molar-refractivity contribution in [2.24, 2.45) is 0 Å². The molecule has 4 nitrogen and oxygen atoms in total. The van der Waals surface area contributed by atoms with Gasteiger partial charge in [0, 0.05) is 11.0 Å². The molecule has 19 heavy (non-hydrogen) atoms. The van der Waals surface area contributed by atoms with E-state index in [0.29, 0.717) is 28.6 Å². The molecule has 0 aliphatic carbocycles. The molecule has 0 aliphatic rings. The minimum absolute atomic E-state index is 0.264. The molecule has 1 amide bonds. The van der Waals surface area contributed by atoms with Gasteiger partial charge in [-0.2, -0.15) is 5.10 Å². The molecule has 0 bridgehead atoms. The standard InChI is InChI=1S/C13H13BrClN3O/c1-3-18-12(11(15)8(2)17-18)13(19)16-10-7-5-4-6-9(10)14/h4-7H,3H2,1-2H3,(H,16,19). The second-order valence-corrected chi connectivity index (χ2v) is 5.23. The van der Waals surface area contributed by atoms with Gasteiger partial charge in [0.05, 0.1) is 16.4 Å². The summed E-state index contributed by atoms with van der Waals surface area (Å²) in [4.78, 5) is 12.3. The molecule has 1 aromatic heterocycles. The number of carbonyl (C=O) groups excluding carboxylic acids is 1. The second-order valence-electron chi connectivity index (χ2n) is 4.00. The van der Waals surface area contributed by atoms with Gasteiger partial charge in [0.15, 0.2) is 0 Å². The van der Waals surface area contributed by atoms with Crippen LogP contribution in [-0.2, 0) is 6.54 Å². The van der Waals surface area contributed by atoms with Crippen LogP contribution in [0.1, 0.15) is 23.1 Å². The highest BCUT2D eigenvalue weighted by Crippen LogP contribution is 2.25. The van der Waals surface area contributed by atoms with Gasteiger partial charge in [-0.1, -0.05) is 23.7 Å². The molecule has 0 saturated carbocycles. The summed E-state index contributed by atoms with van der Waals surface area (Å²) in [6, 6.07) is 7.41. The molecule has 0 atom stereocenters. The number of halogens is 2. The quantitative estimate of drug-likeness (QED) is 0.920. The molecule has 1 aromatic carbocycles. The van der Waals surface area contributed by atoms with Crippen LogP contribution >= 0.6 is 27.5 Å². The first kappa shape index (κ1) is 14.1. The van der Waals surface area contributed by atoms with Gasteiger partial charge in [-0.25, -0.2) is 0 Å². The average molecular weight is 343 g/mol. The smallest absolute Gasteiger partial charge is 0.275 e. The fourth-order valence-corrected chi connectivity index (χ4v) is 2.35. The lowest BCUT2D eigenvalue weighted by molar-refractivity contribution is 0.101. The molecule has 0 spiro atoms. The molecule has 1 N–H and O–H groups in total. The topological polar surface area (TPSA) is 46.9 Å². The van der Waals surface area contributed by atoms with Crippen LogP contribution in [0.5, 0.6) is 0 Å². The lowest BCUT2D eigenvalue weighted by atomic mass is 10.3. The summed E-state index contributed by atoms with van der Waals surface area (Å²) in [7, 11) is 0. The predicted molar refractivity (Wildman–Crippen MR) is 79.7 cm³/mol. The fraction of sp³-hybridized carbons (Fsp3) is 0.231.